The Morgan fingerprint density at radius 2 is 1.74 bits per heavy atom. The Bertz CT molecular complexity index is 418. The fourth-order valence-electron chi connectivity index (χ4n) is 1.88. The molecule has 0 amide bonds. The molecule has 19 heavy (non-hydrogen) atoms. The van der Waals surface area contributed by atoms with Crippen LogP contribution in [0.25, 0.3) is 0 Å². The SMILES string of the molecule is COC1C(O)CC1Oc1ccc(OC(F)(F)F)cc1. The molecule has 3 unspecified atom stereocenters. The predicted molar refractivity (Wildman–Crippen MR) is 59.0 cm³/mol. The van der Waals surface area contributed by atoms with Gasteiger partial charge >= 0.3 is 6.36 Å². The predicted octanol–water partition coefficient (Wildman–Crippen LogP) is 2.11. The van der Waals surface area contributed by atoms with Crippen LogP contribution in [0.15, 0.2) is 24.3 Å². The van der Waals surface area contributed by atoms with Crippen LogP contribution in [0.4, 0.5) is 13.2 Å². The largest absolute Gasteiger partial charge is 0.573 e. The molecule has 1 aromatic carbocycles. The number of methoxy groups -OCH3 is 1. The molecule has 0 saturated heterocycles. The molecule has 1 aromatic rings. The van der Waals surface area contributed by atoms with Gasteiger partial charge in [0.05, 0.1) is 6.10 Å². The highest BCUT2D eigenvalue weighted by Crippen LogP contribution is 2.30. The van der Waals surface area contributed by atoms with E-state index in [0.29, 0.717) is 12.2 Å². The van der Waals surface area contributed by atoms with Gasteiger partial charge in [-0.25, -0.2) is 0 Å². The van der Waals surface area contributed by atoms with Crippen LogP contribution in [-0.2, 0) is 4.74 Å². The number of hydrogen-bond donors (Lipinski definition) is 1. The first kappa shape index (κ1) is 14.0. The summed E-state index contributed by atoms with van der Waals surface area (Å²) in [7, 11) is 1.46. The van der Waals surface area contributed by atoms with E-state index in [2.05, 4.69) is 4.74 Å². The van der Waals surface area contributed by atoms with Gasteiger partial charge < -0.3 is 19.3 Å². The summed E-state index contributed by atoms with van der Waals surface area (Å²) >= 11 is 0. The van der Waals surface area contributed by atoms with Crippen molar-refractivity contribution in [3.63, 3.8) is 0 Å². The van der Waals surface area contributed by atoms with Gasteiger partial charge in [0.15, 0.2) is 0 Å². The lowest BCUT2D eigenvalue weighted by Crippen LogP contribution is -2.54. The summed E-state index contributed by atoms with van der Waals surface area (Å²) in [5.41, 5.74) is 0. The van der Waals surface area contributed by atoms with E-state index in [1.807, 2.05) is 0 Å². The number of hydrogen-bond acceptors (Lipinski definition) is 4. The van der Waals surface area contributed by atoms with Gasteiger partial charge in [0, 0.05) is 13.5 Å². The molecule has 7 heteroatoms. The number of alkyl halides is 3. The van der Waals surface area contributed by atoms with Crippen molar-refractivity contribution in [3.8, 4) is 11.5 Å². The van der Waals surface area contributed by atoms with Crippen molar-refractivity contribution < 1.29 is 32.5 Å². The van der Waals surface area contributed by atoms with Crippen LogP contribution < -0.4 is 9.47 Å². The van der Waals surface area contributed by atoms with Gasteiger partial charge in [0.25, 0.3) is 0 Å². The van der Waals surface area contributed by atoms with Crippen LogP contribution in [0.1, 0.15) is 6.42 Å². The van der Waals surface area contributed by atoms with Gasteiger partial charge in [0.1, 0.15) is 23.7 Å². The van der Waals surface area contributed by atoms with Crippen molar-refractivity contribution in [2.45, 2.75) is 31.1 Å². The van der Waals surface area contributed by atoms with Crippen LogP contribution in [0.5, 0.6) is 11.5 Å². The second-order valence-electron chi connectivity index (χ2n) is 4.18. The fraction of sp³-hybridized carbons (Fsp3) is 0.500. The van der Waals surface area contributed by atoms with Crippen molar-refractivity contribution in [1.82, 2.24) is 0 Å². The zero-order valence-electron chi connectivity index (χ0n) is 10.1. The normalized spacial score (nSPS) is 26.7. The third kappa shape index (κ3) is 3.51. The first-order valence-electron chi connectivity index (χ1n) is 5.62. The van der Waals surface area contributed by atoms with Crippen LogP contribution in [0.3, 0.4) is 0 Å². The minimum atomic E-state index is -4.71. The van der Waals surface area contributed by atoms with E-state index in [1.54, 1.807) is 0 Å². The van der Waals surface area contributed by atoms with E-state index in [9.17, 15) is 18.3 Å². The maximum absolute atomic E-state index is 12.0. The molecule has 0 aromatic heterocycles. The number of benzene rings is 1. The summed E-state index contributed by atoms with van der Waals surface area (Å²) in [4.78, 5) is 0. The Hall–Kier alpha value is -1.47. The molecule has 0 radical (unpaired) electrons. The standard InChI is InChI=1S/C12H13F3O4/c1-17-11-9(16)6-10(11)18-7-2-4-8(5-3-7)19-12(13,14)15/h2-5,9-11,16H,6H2,1H3. The summed E-state index contributed by atoms with van der Waals surface area (Å²) in [6, 6.07) is 5.08. The maximum atomic E-state index is 12.0. The fourth-order valence-corrected chi connectivity index (χ4v) is 1.88. The minimum Gasteiger partial charge on any atom is -0.488 e. The van der Waals surface area contributed by atoms with Crippen LogP contribution in [0.2, 0.25) is 0 Å². The van der Waals surface area contributed by atoms with Crippen LogP contribution >= 0.6 is 0 Å². The highest BCUT2D eigenvalue weighted by Gasteiger charge is 2.42. The zero-order valence-corrected chi connectivity index (χ0v) is 10.1. The van der Waals surface area contributed by atoms with Gasteiger partial charge in [-0.2, -0.15) is 0 Å². The van der Waals surface area contributed by atoms with E-state index in [1.165, 1.54) is 31.4 Å². The quantitative estimate of drug-likeness (QED) is 0.916. The molecule has 1 fully saturated rings. The highest BCUT2D eigenvalue weighted by atomic mass is 19.4. The Balaban J connectivity index is 1.92. The van der Waals surface area contributed by atoms with Crippen LogP contribution in [0, 0.1) is 0 Å². The van der Waals surface area contributed by atoms with E-state index in [-0.39, 0.29) is 11.9 Å². The second-order valence-corrected chi connectivity index (χ2v) is 4.18. The average molecular weight is 278 g/mol. The minimum absolute atomic E-state index is 0.297. The lowest BCUT2D eigenvalue weighted by Gasteiger charge is -2.39. The molecule has 0 bridgehead atoms. The second kappa shape index (κ2) is 5.26. The topological polar surface area (TPSA) is 47.9 Å². The third-order valence-electron chi connectivity index (χ3n) is 2.84. The molecular formula is C12H13F3O4. The summed E-state index contributed by atoms with van der Waals surface area (Å²) in [6.45, 7) is 0. The lowest BCUT2D eigenvalue weighted by molar-refractivity contribution is -0.274. The molecule has 1 aliphatic rings. The van der Waals surface area contributed by atoms with Gasteiger partial charge in [0.2, 0.25) is 0 Å². The monoisotopic (exact) mass is 278 g/mol. The number of aliphatic hydroxyl groups excluding tert-OH is 1. The molecule has 1 aliphatic carbocycles. The average Bonchev–Trinajstić information content (AvgIpc) is 2.29. The van der Waals surface area contributed by atoms with E-state index < -0.39 is 18.6 Å². The smallest absolute Gasteiger partial charge is 0.488 e. The Kier molecular flexibility index (Phi) is 3.86. The molecule has 1 N–H and O–H groups in total. The Morgan fingerprint density at radius 3 is 2.21 bits per heavy atom. The first-order chi connectivity index (χ1) is 8.89. The van der Waals surface area contributed by atoms with Crippen molar-refractivity contribution in [1.29, 1.82) is 0 Å². The number of ether oxygens (including phenoxy) is 3. The zero-order chi connectivity index (χ0) is 14.0. The molecule has 4 nitrogen and oxygen atoms in total. The van der Waals surface area contributed by atoms with Crippen molar-refractivity contribution in [2.24, 2.45) is 0 Å². The third-order valence-corrected chi connectivity index (χ3v) is 2.84. The Morgan fingerprint density at radius 1 is 1.16 bits per heavy atom. The molecule has 106 valence electrons. The Labute approximate surface area is 107 Å². The summed E-state index contributed by atoms with van der Waals surface area (Å²) < 4.78 is 50.1. The summed E-state index contributed by atoms with van der Waals surface area (Å²) in [5, 5.41) is 9.38. The molecule has 0 heterocycles. The van der Waals surface area contributed by atoms with Crippen molar-refractivity contribution in [2.75, 3.05) is 7.11 Å². The summed E-state index contributed by atoms with van der Waals surface area (Å²) in [5.74, 6) is 0.0882. The molecular weight excluding hydrogens is 265 g/mol. The number of aliphatic hydroxyl groups is 1. The highest BCUT2D eigenvalue weighted by molar-refractivity contribution is 5.31. The number of halogens is 3. The van der Waals surface area contributed by atoms with E-state index >= 15 is 0 Å². The van der Waals surface area contributed by atoms with Crippen molar-refractivity contribution in [3.05, 3.63) is 24.3 Å². The first-order valence-corrected chi connectivity index (χ1v) is 5.62. The molecule has 2 rings (SSSR count). The summed E-state index contributed by atoms with van der Waals surface area (Å²) in [6.07, 6.45) is -5.55. The van der Waals surface area contributed by atoms with Gasteiger partial charge in [-0.05, 0) is 24.3 Å². The van der Waals surface area contributed by atoms with Gasteiger partial charge in [-0.3, -0.25) is 0 Å². The van der Waals surface area contributed by atoms with Crippen molar-refractivity contribution >= 4 is 0 Å². The van der Waals surface area contributed by atoms with Gasteiger partial charge in [-0.15, -0.1) is 13.2 Å². The molecule has 3 atom stereocenters. The lowest BCUT2D eigenvalue weighted by atomic mass is 9.88. The molecule has 1 saturated carbocycles. The van der Waals surface area contributed by atoms with Gasteiger partial charge in [-0.1, -0.05) is 0 Å². The number of rotatable bonds is 4. The van der Waals surface area contributed by atoms with Crippen LogP contribution in [-0.4, -0.2) is 36.9 Å². The molecule has 0 aliphatic heterocycles. The maximum Gasteiger partial charge on any atom is 0.573 e. The van der Waals surface area contributed by atoms with E-state index in [0.717, 1.165) is 0 Å². The van der Waals surface area contributed by atoms with E-state index in [4.69, 9.17) is 9.47 Å². The molecule has 0 spiro atoms.